The lowest BCUT2D eigenvalue weighted by molar-refractivity contribution is -0.126. The lowest BCUT2D eigenvalue weighted by atomic mass is 9.85. The van der Waals surface area contributed by atoms with E-state index < -0.39 is 0 Å². The first kappa shape index (κ1) is 11.9. The second-order valence-electron chi connectivity index (χ2n) is 5.10. The van der Waals surface area contributed by atoms with Crippen LogP contribution in [-0.2, 0) is 9.53 Å². The zero-order chi connectivity index (χ0) is 11.4. The third-order valence-corrected chi connectivity index (χ3v) is 3.67. The van der Waals surface area contributed by atoms with Gasteiger partial charge < -0.3 is 15.8 Å². The van der Waals surface area contributed by atoms with E-state index >= 15 is 0 Å². The van der Waals surface area contributed by atoms with E-state index in [0.717, 1.165) is 51.9 Å². The topological polar surface area (TPSA) is 64.4 Å². The molecule has 2 rings (SSSR count). The van der Waals surface area contributed by atoms with Crippen LogP contribution in [0.4, 0.5) is 0 Å². The maximum atomic E-state index is 11.9. The van der Waals surface area contributed by atoms with Crippen LogP contribution in [0.2, 0.25) is 0 Å². The van der Waals surface area contributed by atoms with Crippen molar-refractivity contribution in [1.29, 1.82) is 0 Å². The lowest BCUT2D eigenvalue weighted by Gasteiger charge is -2.26. The van der Waals surface area contributed by atoms with Crippen molar-refractivity contribution in [2.75, 3.05) is 19.8 Å². The molecule has 3 atom stereocenters. The van der Waals surface area contributed by atoms with Gasteiger partial charge in [0.25, 0.3) is 0 Å². The van der Waals surface area contributed by atoms with E-state index in [0.29, 0.717) is 5.92 Å². The van der Waals surface area contributed by atoms with Gasteiger partial charge in [-0.15, -0.1) is 0 Å². The Bertz CT molecular complexity index is 239. The molecule has 0 aromatic carbocycles. The molecule has 16 heavy (non-hydrogen) atoms. The smallest absolute Gasteiger partial charge is 0.223 e. The van der Waals surface area contributed by atoms with Gasteiger partial charge in [0.05, 0.1) is 6.61 Å². The van der Waals surface area contributed by atoms with E-state index in [4.69, 9.17) is 10.5 Å². The molecule has 1 aliphatic heterocycles. The average Bonchev–Trinajstić information content (AvgIpc) is 2.78. The summed E-state index contributed by atoms with van der Waals surface area (Å²) in [6, 6.07) is 0.222. The van der Waals surface area contributed by atoms with Crippen molar-refractivity contribution in [3.63, 3.8) is 0 Å². The normalized spacial score (nSPS) is 34.9. The van der Waals surface area contributed by atoms with Crippen LogP contribution in [0.25, 0.3) is 0 Å². The number of rotatable bonds is 3. The first-order chi connectivity index (χ1) is 7.75. The van der Waals surface area contributed by atoms with Crippen LogP contribution >= 0.6 is 0 Å². The van der Waals surface area contributed by atoms with Gasteiger partial charge in [-0.25, -0.2) is 0 Å². The molecule has 1 heterocycles. The number of carbonyl (C=O) groups excluding carboxylic acids is 1. The summed E-state index contributed by atoms with van der Waals surface area (Å²) in [7, 11) is 0. The Morgan fingerprint density at radius 1 is 1.38 bits per heavy atom. The molecular formula is C12H22N2O2. The first-order valence-corrected chi connectivity index (χ1v) is 6.36. The molecular weight excluding hydrogens is 204 g/mol. The molecule has 1 saturated heterocycles. The summed E-state index contributed by atoms with van der Waals surface area (Å²) in [5.41, 5.74) is 5.88. The highest BCUT2D eigenvalue weighted by molar-refractivity contribution is 5.78. The number of hydrogen-bond donors (Lipinski definition) is 2. The van der Waals surface area contributed by atoms with E-state index in [1.54, 1.807) is 0 Å². The van der Waals surface area contributed by atoms with E-state index in [1.807, 2.05) is 0 Å². The van der Waals surface area contributed by atoms with Crippen molar-refractivity contribution in [1.82, 2.24) is 5.32 Å². The van der Waals surface area contributed by atoms with Gasteiger partial charge in [-0.3, -0.25) is 4.79 Å². The molecule has 92 valence electrons. The Hall–Kier alpha value is -0.610. The highest BCUT2D eigenvalue weighted by atomic mass is 16.5. The van der Waals surface area contributed by atoms with E-state index in [9.17, 15) is 4.79 Å². The van der Waals surface area contributed by atoms with Gasteiger partial charge in [-0.05, 0) is 25.7 Å². The highest BCUT2D eigenvalue weighted by Crippen LogP contribution is 2.23. The first-order valence-electron chi connectivity index (χ1n) is 6.36. The van der Waals surface area contributed by atoms with Gasteiger partial charge in [-0.2, -0.15) is 0 Å². The fourth-order valence-electron chi connectivity index (χ4n) is 2.60. The molecule has 4 nitrogen and oxygen atoms in total. The summed E-state index contributed by atoms with van der Waals surface area (Å²) in [4.78, 5) is 11.9. The molecule has 3 unspecified atom stereocenters. The Labute approximate surface area is 96.9 Å². The highest BCUT2D eigenvalue weighted by Gasteiger charge is 2.26. The molecule has 1 amide bonds. The van der Waals surface area contributed by atoms with E-state index in [1.165, 1.54) is 0 Å². The van der Waals surface area contributed by atoms with Crippen molar-refractivity contribution >= 4 is 5.91 Å². The van der Waals surface area contributed by atoms with Crippen molar-refractivity contribution < 1.29 is 9.53 Å². The summed E-state index contributed by atoms with van der Waals surface area (Å²) >= 11 is 0. The van der Waals surface area contributed by atoms with Crippen LogP contribution in [-0.4, -0.2) is 31.7 Å². The SMILES string of the molecule is NC1CCCC(C(=O)NCC2CCOC2)C1. The Balaban J connectivity index is 1.70. The third kappa shape index (κ3) is 3.19. The average molecular weight is 226 g/mol. The van der Waals surface area contributed by atoms with Crippen molar-refractivity contribution in [3.05, 3.63) is 0 Å². The third-order valence-electron chi connectivity index (χ3n) is 3.67. The van der Waals surface area contributed by atoms with Crippen molar-refractivity contribution in [3.8, 4) is 0 Å². The molecule has 1 aliphatic carbocycles. The Kier molecular flexibility index (Phi) is 4.18. The minimum absolute atomic E-state index is 0.145. The number of hydrogen-bond acceptors (Lipinski definition) is 3. The van der Waals surface area contributed by atoms with Gasteiger partial charge in [0.2, 0.25) is 5.91 Å². The minimum atomic E-state index is 0.145. The maximum Gasteiger partial charge on any atom is 0.223 e. The van der Waals surface area contributed by atoms with E-state index in [-0.39, 0.29) is 17.9 Å². The summed E-state index contributed by atoms with van der Waals surface area (Å²) in [6.07, 6.45) is 5.09. The number of nitrogens with one attached hydrogen (secondary N) is 1. The van der Waals surface area contributed by atoms with E-state index in [2.05, 4.69) is 5.32 Å². The number of carbonyl (C=O) groups is 1. The summed E-state index contributed by atoms with van der Waals surface area (Å²) in [6.45, 7) is 2.41. The van der Waals surface area contributed by atoms with Crippen LogP contribution in [0.1, 0.15) is 32.1 Å². The summed E-state index contributed by atoms with van der Waals surface area (Å²) in [5, 5.41) is 3.04. The van der Waals surface area contributed by atoms with Gasteiger partial charge in [0.15, 0.2) is 0 Å². The zero-order valence-electron chi connectivity index (χ0n) is 9.78. The van der Waals surface area contributed by atoms with Crippen LogP contribution < -0.4 is 11.1 Å². The van der Waals surface area contributed by atoms with Crippen molar-refractivity contribution in [2.45, 2.75) is 38.1 Å². The Morgan fingerprint density at radius 2 is 2.25 bits per heavy atom. The van der Waals surface area contributed by atoms with Crippen LogP contribution in [0.15, 0.2) is 0 Å². The number of amides is 1. The van der Waals surface area contributed by atoms with Crippen LogP contribution in [0, 0.1) is 11.8 Å². The van der Waals surface area contributed by atoms with Gasteiger partial charge >= 0.3 is 0 Å². The monoisotopic (exact) mass is 226 g/mol. The summed E-state index contributed by atoms with van der Waals surface area (Å²) in [5.74, 6) is 0.856. The number of nitrogens with two attached hydrogens (primary N) is 1. The maximum absolute atomic E-state index is 11.9. The van der Waals surface area contributed by atoms with Crippen LogP contribution in [0.5, 0.6) is 0 Å². The second-order valence-corrected chi connectivity index (χ2v) is 5.10. The molecule has 3 N–H and O–H groups in total. The zero-order valence-corrected chi connectivity index (χ0v) is 9.78. The fraction of sp³-hybridized carbons (Fsp3) is 0.917. The quantitative estimate of drug-likeness (QED) is 0.743. The van der Waals surface area contributed by atoms with Gasteiger partial charge in [0.1, 0.15) is 0 Å². The lowest BCUT2D eigenvalue weighted by Crippen LogP contribution is -2.39. The Morgan fingerprint density at radius 3 is 2.94 bits per heavy atom. The predicted molar refractivity (Wildman–Crippen MR) is 61.9 cm³/mol. The fourth-order valence-corrected chi connectivity index (χ4v) is 2.60. The van der Waals surface area contributed by atoms with Gasteiger partial charge in [0, 0.05) is 31.0 Å². The molecule has 2 aliphatic rings. The molecule has 1 saturated carbocycles. The molecule has 0 spiro atoms. The molecule has 0 aromatic heterocycles. The standard InChI is InChI=1S/C12H22N2O2/c13-11-3-1-2-10(6-11)12(15)14-7-9-4-5-16-8-9/h9-11H,1-8,13H2,(H,14,15). The summed E-state index contributed by atoms with van der Waals surface area (Å²) < 4.78 is 5.28. The molecule has 0 radical (unpaired) electrons. The van der Waals surface area contributed by atoms with Gasteiger partial charge in [-0.1, -0.05) is 6.42 Å². The van der Waals surface area contributed by atoms with Crippen LogP contribution in [0.3, 0.4) is 0 Å². The predicted octanol–water partition coefficient (Wildman–Crippen LogP) is 0.657. The van der Waals surface area contributed by atoms with Crippen molar-refractivity contribution in [2.24, 2.45) is 17.6 Å². The largest absolute Gasteiger partial charge is 0.381 e. The molecule has 2 fully saturated rings. The molecule has 0 aromatic rings. The second kappa shape index (κ2) is 5.64. The number of ether oxygens (including phenoxy) is 1. The molecule has 4 heteroatoms. The minimum Gasteiger partial charge on any atom is -0.381 e. The molecule has 0 bridgehead atoms.